The number of hydrogen-bond donors (Lipinski definition) is 7. The van der Waals surface area contributed by atoms with Crippen molar-refractivity contribution < 1.29 is 43.8 Å². The van der Waals surface area contributed by atoms with Crippen LogP contribution < -0.4 is 27.4 Å². The lowest BCUT2D eigenvalue weighted by molar-refractivity contribution is -0.139. The maximum absolute atomic E-state index is 14.0. The lowest BCUT2D eigenvalue weighted by Crippen LogP contribution is -2.57. The minimum atomic E-state index is -1.03. The third-order valence-corrected chi connectivity index (χ3v) is 10.5. The summed E-state index contributed by atoms with van der Waals surface area (Å²) in [7, 11) is 3.53. The van der Waals surface area contributed by atoms with E-state index >= 15 is 0 Å². The highest BCUT2D eigenvalue weighted by Gasteiger charge is 2.30. The Hall–Kier alpha value is -5.42. The molecule has 62 heavy (non-hydrogen) atoms. The van der Waals surface area contributed by atoms with Gasteiger partial charge in [0.25, 0.3) is 5.91 Å². The highest BCUT2D eigenvalue weighted by atomic mass is 16.4. The molecule has 5 amide bonds. The van der Waals surface area contributed by atoms with Crippen LogP contribution >= 0.6 is 0 Å². The molecule has 0 aliphatic carbocycles. The first-order chi connectivity index (χ1) is 29.5. The summed E-state index contributed by atoms with van der Waals surface area (Å²) < 4.78 is 0. The second-order valence-corrected chi connectivity index (χ2v) is 15.7. The Kier molecular flexibility index (Phi) is 22.0. The molecule has 2 aliphatic rings. The average Bonchev–Trinajstić information content (AvgIpc) is 3.21. The summed E-state index contributed by atoms with van der Waals surface area (Å²) in [4.78, 5) is 105. The van der Waals surface area contributed by atoms with E-state index < -0.39 is 29.8 Å². The van der Waals surface area contributed by atoms with Crippen LogP contribution in [0.3, 0.4) is 0 Å². The van der Waals surface area contributed by atoms with E-state index in [4.69, 9.17) is 11.5 Å². The first-order valence-corrected chi connectivity index (χ1v) is 21.1. The van der Waals surface area contributed by atoms with Gasteiger partial charge in [0.15, 0.2) is 5.96 Å². The number of nitrogens with one attached hydrogen (secondary N) is 3. The Labute approximate surface area is 363 Å². The third-order valence-electron chi connectivity index (χ3n) is 10.5. The molecule has 22 nitrogen and oxygen atoms in total. The smallest absolute Gasteiger partial charge is 0.317 e. The molecule has 0 bridgehead atoms. The number of piperazine rings is 1. The van der Waals surface area contributed by atoms with Gasteiger partial charge in [-0.05, 0) is 37.5 Å². The molecule has 9 N–H and O–H groups in total. The molecular weight excluding hydrogens is 807 g/mol. The number of benzene rings is 1. The third kappa shape index (κ3) is 19.5. The Morgan fingerprint density at radius 2 is 1.15 bits per heavy atom. The number of amides is 5. The predicted octanol–water partition coefficient (Wildman–Crippen LogP) is -3.79. The molecule has 1 aromatic rings. The fourth-order valence-electron chi connectivity index (χ4n) is 6.99. The number of carboxylic acids is 2. The molecule has 346 valence electrons. The van der Waals surface area contributed by atoms with Gasteiger partial charge in [0.1, 0.15) is 6.04 Å². The molecule has 22 heteroatoms. The van der Waals surface area contributed by atoms with E-state index in [1.807, 2.05) is 16.7 Å². The summed E-state index contributed by atoms with van der Waals surface area (Å²) in [5, 5.41) is 27.8. The highest BCUT2D eigenvalue weighted by Crippen LogP contribution is 2.10. The lowest BCUT2D eigenvalue weighted by atomic mass is 10.1. The lowest BCUT2D eigenvalue weighted by Gasteiger charge is -2.36. The van der Waals surface area contributed by atoms with Gasteiger partial charge in [0.2, 0.25) is 23.6 Å². The molecule has 3 rings (SSSR count). The van der Waals surface area contributed by atoms with Crippen molar-refractivity contribution in [2.45, 2.75) is 32.4 Å². The standard InChI is InChI=1S/C40H67N13O9/c1-4-43-38(61)31-9-7-30(8-10-31)24-45-34(55)26-50-20-22-53(23-21-50)39(62)32(6-5-11-44-40(42)47(2)3)46-35(56)27-49-14-18-51(28-36(57)58)16-12-48(25-33(41)54)13-17-52(19-15-49)29-37(59)60/h7-10,32H,4-6,11-29H2,1-3H3,(H2,41,54)(H2,42,44)(H,43,61)(H,45,55)(H,46,56)(H,57,58)(H,59,60). The van der Waals surface area contributed by atoms with Crippen molar-refractivity contribution in [3.63, 3.8) is 0 Å². The van der Waals surface area contributed by atoms with Crippen LogP contribution in [-0.2, 0) is 35.3 Å². The molecule has 1 aromatic carbocycles. The number of guanidine groups is 1. The van der Waals surface area contributed by atoms with Gasteiger partial charge in [-0.3, -0.25) is 63.1 Å². The Balaban J connectivity index is 1.65. The van der Waals surface area contributed by atoms with Crippen molar-refractivity contribution >= 4 is 47.4 Å². The summed E-state index contributed by atoms with van der Waals surface area (Å²) in [5.74, 6) is -3.32. The number of aliphatic carboxylic acids is 2. The number of nitrogens with two attached hydrogens (primary N) is 2. The van der Waals surface area contributed by atoms with Crippen molar-refractivity contribution in [3.05, 3.63) is 35.4 Å². The first-order valence-electron chi connectivity index (χ1n) is 21.1. The Morgan fingerprint density at radius 1 is 0.677 bits per heavy atom. The number of rotatable bonds is 20. The van der Waals surface area contributed by atoms with Crippen LogP contribution in [0.5, 0.6) is 0 Å². The monoisotopic (exact) mass is 874 g/mol. The molecular formula is C40H67N13O9. The van der Waals surface area contributed by atoms with Crippen LogP contribution in [0.1, 0.15) is 35.7 Å². The van der Waals surface area contributed by atoms with Crippen LogP contribution in [0.25, 0.3) is 0 Å². The molecule has 2 fully saturated rings. The molecule has 0 aromatic heterocycles. The largest absolute Gasteiger partial charge is 0.480 e. The van der Waals surface area contributed by atoms with Crippen molar-refractivity contribution in [1.29, 1.82) is 0 Å². The van der Waals surface area contributed by atoms with Crippen LogP contribution in [0.15, 0.2) is 29.3 Å². The molecule has 2 saturated heterocycles. The van der Waals surface area contributed by atoms with Gasteiger partial charge in [-0.25, -0.2) is 0 Å². The van der Waals surface area contributed by atoms with E-state index in [2.05, 4.69) is 20.9 Å². The van der Waals surface area contributed by atoms with E-state index in [0.29, 0.717) is 89.9 Å². The van der Waals surface area contributed by atoms with Crippen molar-refractivity contribution in [2.75, 3.05) is 138 Å². The fourth-order valence-corrected chi connectivity index (χ4v) is 6.99. The number of primary amides is 1. The van der Waals surface area contributed by atoms with Gasteiger partial charge in [-0.2, -0.15) is 0 Å². The molecule has 1 unspecified atom stereocenters. The Morgan fingerprint density at radius 3 is 1.61 bits per heavy atom. The fraction of sp³-hybridized carbons (Fsp3) is 0.650. The number of carbonyl (C=O) groups is 7. The van der Waals surface area contributed by atoms with Gasteiger partial charge in [-0.1, -0.05) is 12.1 Å². The second kappa shape index (κ2) is 26.8. The van der Waals surface area contributed by atoms with Gasteiger partial charge in [0.05, 0.1) is 32.7 Å². The molecule has 2 aliphatic heterocycles. The summed E-state index contributed by atoms with van der Waals surface area (Å²) in [6, 6.07) is 6.13. The maximum Gasteiger partial charge on any atom is 0.317 e. The normalized spacial score (nSPS) is 17.5. The zero-order valence-electron chi connectivity index (χ0n) is 36.4. The van der Waals surface area contributed by atoms with Gasteiger partial charge in [0, 0.05) is 118 Å². The number of carbonyl (C=O) groups excluding carboxylic acids is 5. The van der Waals surface area contributed by atoms with Crippen molar-refractivity contribution in [2.24, 2.45) is 16.5 Å². The molecule has 2 heterocycles. The van der Waals surface area contributed by atoms with Crippen LogP contribution in [-0.4, -0.2) is 236 Å². The van der Waals surface area contributed by atoms with E-state index in [1.54, 1.807) is 62.9 Å². The van der Waals surface area contributed by atoms with E-state index in [1.165, 1.54) is 0 Å². The SMILES string of the molecule is CCNC(=O)c1ccc(CNC(=O)CN2CCN(C(=O)C(CCCN=C(N)N(C)C)NC(=O)CN3CCN(CC(=O)O)CCN(CC(N)=O)CCN(CC(=O)O)CC3)CC2)cc1. The quantitative estimate of drug-likeness (QED) is 0.0376. The zero-order chi connectivity index (χ0) is 45.6. The summed E-state index contributed by atoms with van der Waals surface area (Å²) in [6.07, 6.45) is 0.729. The summed E-state index contributed by atoms with van der Waals surface area (Å²) >= 11 is 0. The van der Waals surface area contributed by atoms with Gasteiger partial charge in [-0.15, -0.1) is 0 Å². The number of hydrogen-bond acceptors (Lipinski definition) is 13. The van der Waals surface area contributed by atoms with E-state index in [0.717, 1.165) is 5.56 Å². The molecule has 0 radical (unpaired) electrons. The summed E-state index contributed by atoms with van der Waals surface area (Å²) in [5.41, 5.74) is 12.8. The van der Waals surface area contributed by atoms with E-state index in [9.17, 15) is 43.8 Å². The van der Waals surface area contributed by atoms with Crippen LogP contribution in [0, 0.1) is 0 Å². The van der Waals surface area contributed by atoms with Crippen molar-refractivity contribution in [1.82, 2.24) is 50.2 Å². The van der Waals surface area contributed by atoms with Gasteiger partial charge < -0.3 is 47.4 Å². The van der Waals surface area contributed by atoms with E-state index in [-0.39, 0.29) is 83.0 Å². The highest BCUT2D eigenvalue weighted by molar-refractivity contribution is 5.94. The average molecular weight is 874 g/mol. The maximum atomic E-state index is 14.0. The van der Waals surface area contributed by atoms with Crippen LogP contribution in [0.4, 0.5) is 0 Å². The van der Waals surface area contributed by atoms with Crippen LogP contribution in [0.2, 0.25) is 0 Å². The zero-order valence-corrected chi connectivity index (χ0v) is 36.4. The molecule has 0 spiro atoms. The predicted molar refractivity (Wildman–Crippen MR) is 231 cm³/mol. The topological polar surface area (TPSA) is 283 Å². The number of aliphatic imine (C=N–C) groups is 1. The van der Waals surface area contributed by atoms with Gasteiger partial charge >= 0.3 is 11.9 Å². The minimum absolute atomic E-state index is 0.0594. The summed E-state index contributed by atoms with van der Waals surface area (Å²) in [6.45, 7) is 6.31. The minimum Gasteiger partial charge on any atom is -0.480 e. The number of carboxylic acid groups (broad SMARTS) is 2. The van der Waals surface area contributed by atoms with Crippen molar-refractivity contribution in [3.8, 4) is 0 Å². The number of nitrogens with zero attached hydrogens (tertiary/aromatic N) is 8. The Bertz CT molecular complexity index is 1640. The molecule has 0 saturated carbocycles. The first kappa shape index (κ1) is 50.9. The second-order valence-electron chi connectivity index (χ2n) is 15.7. The molecule has 1 atom stereocenters.